The topological polar surface area (TPSA) is 109 Å². The van der Waals surface area contributed by atoms with Crippen molar-refractivity contribution in [1.82, 2.24) is 30.0 Å². The zero-order valence-electron chi connectivity index (χ0n) is 16.6. The molecule has 8 heteroatoms. The Morgan fingerprint density at radius 2 is 2.13 bits per heavy atom. The van der Waals surface area contributed by atoms with Gasteiger partial charge in [0.05, 0.1) is 23.6 Å². The summed E-state index contributed by atoms with van der Waals surface area (Å²) in [6.07, 6.45) is 8.16. The number of hydrogen-bond acceptors (Lipinski definition) is 4. The third-order valence-electron chi connectivity index (χ3n) is 5.72. The quantitative estimate of drug-likeness (QED) is 0.448. The summed E-state index contributed by atoms with van der Waals surface area (Å²) in [7, 11) is 1.89. The van der Waals surface area contributed by atoms with Crippen molar-refractivity contribution in [3.05, 3.63) is 54.1 Å². The molecule has 1 aliphatic rings. The van der Waals surface area contributed by atoms with Crippen LogP contribution in [0.25, 0.3) is 33.5 Å². The molecule has 0 radical (unpaired) electrons. The maximum Gasteiger partial charge on any atom is 0.405 e. The van der Waals surface area contributed by atoms with Crippen LogP contribution in [0.5, 0.6) is 0 Å². The smallest absolute Gasteiger partial charge is 0.405 e. The maximum absolute atomic E-state index is 11.2. The molecule has 5 rings (SSSR count). The monoisotopic (exact) mass is 402 g/mol. The van der Waals surface area contributed by atoms with E-state index in [0.717, 1.165) is 64.8 Å². The molecule has 0 saturated carbocycles. The van der Waals surface area contributed by atoms with Gasteiger partial charge in [-0.05, 0) is 42.5 Å². The first-order valence-corrected chi connectivity index (χ1v) is 10.0. The number of H-pyrrole nitrogens is 1. The van der Waals surface area contributed by atoms with Crippen molar-refractivity contribution in [2.45, 2.75) is 31.7 Å². The molecule has 0 saturated heterocycles. The van der Waals surface area contributed by atoms with Crippen molar-refractivity contribution in [3.8, 4) is 22.5 Å². The number of rotatable bonds is 3. The van der Waals surface area contributed by atoms with Gasteiger partial charge in [0.2, 0.25) is 0 Å². The Kier molecular flexibility index (Phi) is 4.46. The molecule has 0 bridgehead atoms. The number of carboxylic acid groups (broad SMARTS) is 1. The van der Waals surface area contributed by atoms with Gasteiger partial charge in [-0.3, -0.25) is 4.68 Å². The molecule has 8 nitrogen and oxygen atoms in total. The molecule has 3 heterocycles. The fourth-order valence-corrected chi connectivity index (χ4v) is 4.31. The average Bonchev–Trinajstić information content (AvgIpc) is 3.30. The van der Waals surface area contributed by atoms with Gasteiger partial charge in [-0.2, -0.15) is 5.10 Å². The van der Waals surface area contributed by atoms with Crippen molar-refractivity contribution >= 4 is 17.1 Å². The van der Waals surface area contributed by atoms with E-state index < -0.39 is 6.09 Å². The number of aromatic nitrogens is 5. The molecular formula is C22H22N6O2. The third-order valence-corrected chi connectivity index (χ3v) is 5.72. The number of nitrogens with one attached hydrogen (secondary N) is 2. The van der Waals surface area contributed by atoms with Crippen LogP contribution in [-0.4, -0.2) is 35.9 Å². The van der Waals surface area contributed by atoms with Crippen LogP contribution >= 0.6 is 0 Å². The Balaban J connectivity index is 1.58. The lowest BCUT2D eigenvalue weighted by molar-refractivity contribution is 0.189. The second-order valence-electron chi connectivity index (χ2n) is 7.73. The van der Waals surface area contributed by atoms with E-state index >= 15 is 0 Å². The van der Waals surface area contributed by atoms with Crippen LogP contribution < -0.4 is 5.32 Å². The van der Waals surface area contributed by atoms with Crippen molar-refractivity contribution in [1.29, 1.82) is 0 Å². The minimum Gasteiger partial charge on any atom is -0.465 e. The molecule has 152 valence electrons. The maximum atomic E-state index is 11.2. The van der Waals surface area contributed by atoms with Gasteiger partial charge in [0.25, 0.3) is 0 Å². The molecular weight excluding hydrogens is 380 g/mol. The van der Waals surface area contributed by atoms with Crippen molar-refractivity contribution in [2.24, 2.45) is 7.05 Å². The number of aryl methyl sites for hydroxylation is 2. The number of nitrogens with zero attached hydrogens (tertiary/aromatic N) is 4. The molecule has 3 aromatic heterocycles. The van der Waals surface area contributed by atoms with E-state index in [1.807, 2.05) is 31.6 Å². The number of fused-ring (bicyclic) bond motifs is 2. The van der Waals surface area contributed by atoms with Crippen LogP contribution in [0.15, 0.2) is 43.0 Å². The van der Waals surface area contributed by atoms with E-state index in [0.29, 0.717) is 0 Å². The van der Waals surface area contributed by atoms with Crippen LogP contribution in [0, 0.1) is 0 Å². The molecule has 1 unspecified atom stereocenters. The highest BCUT2D eigenvalue weighted by Crippen LogP contribution is 2.34. The summed E-state index contributed by atoms with van der Waals surface area (Å²) in [4.78, 5) is 23.5. The molecule has 1 aliphatic carbocycles. The van der Waals surface area contributed by atoms with E-state index in [4.69, 9.17) is 0 Å². The molecule has 0 spiro atoms. The van der Waals surface area contributed by atoms with Crippen molar-refractivity contribution < 1.29 is 9.90 Å². The van der Waals surface area contributed by atoms with E-state index in [1.54, 1.807) is 11.0 Å². The van der Waals surface area contributed by atoms with E-state index in [9.17, 15) is 9.90 Å². The third kappa shape index (κ3) is 3.30. The summed E-state index contributed by atoms with van der Waals surface area (Å²) in [5, 5.41) is 17.1. The molecule has 0 fully saturated rings. The normalized spacial score (nSPS) is 16.2. The first-order valence-electron chi connectivity index (χ1n) is 10.0. The first kappa shape index (κ1) is 18.4. The summed E-state index contributed by atoms with van der Waals surface area (Å²) in [6.45, 7) is 0. The molecule has 3 N–H and O–H groups in total. The summed E-state index contributed by atoms with van der Waals surface area (Å²) in [6, 6.07) is 8.11. The molecule has 0 aliphatic heterocycles. The minimum absolute atomic E-state index is 0.163. The number of benzene rings is 1. The van der Waals surface area contributed by atoms with Gasteiger partial charge in [-0.1, -0.05) is 18.6 Å². The highest BCUT2D eigenvalue weighted by atomic mass is 16.4. The molecule has 1 amide bonds. The van der Waals surface area contributed by atoms with Gasteiger partial charge in [0, 0.05) is 29.8 Å². The fraction of sp³-hybridized carbons (Fsp3) is 0.273. The minimum atomic E-state index is -0.982. The van der Waals surface area contributed by atoms with Crippen molar-refractivity contribution in [2.75, 3.05) is 0 Å². The van der Waals surface area contributed by atoms with Crippen LogP contribution in [0.4, 0.5) is 4.79 Å². The van der Waals surface area contributed by atoms with E-state index in [2.05, 4.69) is 37.5 Å². The Bertz CT molecular complexity index is 1240. The fourth-order valence-electron chi connectivity index (χ4n) is 4.31. The van der Waals surface area contributed by atoms with Crippen LogP contribution in [0.3, 0.4) is 0 Å². The lowest BCUT2D eigenvalue weighted by Gasteiger charge is -2.18. The van der Waals surface area contributed by atoms with Gasteiger partial charge in [0.15, 0.2) is 0 Å². The van der Waals surface area contributed by atoms with E-state index in [1.165, 1.54) is 5.56 Å². The summed E-state index contributed by atoms with van der Waals surface area (Å²) < 4.78 is 1.77. The van der Waals surface area contributed by atoms with Gasteiger partial charge in [0.1, 0.15) is 12.0 Å². The van der Waals surface area contributed by atoms with Gasteiger partial charge >= 0.3 is 6.09 Å². The first-order chi connectivity index (χ1) is 14.6. The Hall–Kier alpha value is -3.68. The largest absolute Gasteiger partial charge is 0.465 e. The Labute approximate surface area is 173 Å². The second kappa shape index (κ2) is 7.29. The molecule has 1 atom stereocenters. The van der Waals surface area contributed by atoms with Gasteiger partial charge < -0.3 is 15.4 Å². The second-order valence-corrected chi connectivity index (χ2v) is 7.73. The van der Waals surface area contributed by atoms with Crippen LogP contribution in [0.1, 0.15) is 36.4 Å². The van der Waals surface area contributed by atoms with Crippen LogP contribution in [-0.2, 0) is 13.5 Å². The highest BCUT2D eigenvalue weighted by molar-refractivity contribution is 5.94. The standard InChI is InChI=1S/C22H22N6O2/c1-28-11-15(10-25-28)19-9-17-20(23-12-24-21(17)26-19)14-6-7-16-13(8-14)4-2-3-5-18(16)27-22(29)30/h6-12,18,27H,2-5H2,1H3,(H,29,30)(H,23,24,26). The zero-order valence-corrected chi connectivity index (χ0v) is 16.6. The Morgan fingerprint density at radius 3 is 2.93 bits per heavy atom. The van der Waals surface area contributed by atoms with E-state index in [-0.39, 0.29) is 6.04 Å². The summed E-state index contributed by atoms with van der Waals surface area (Å²) in [5.41, 5.74) is 6.83. The number of carbonyl (C=O) groups is 1. The lowest BCUT2D eigenvalue weighted by atomic mass is 9.95. The van der Waals surface area contributed by atoms with Gasteiger partial charge in [-0.25, -0.2) is 14.8 Å². The summed E-state index contributed by atoms with van der Waals surface area (Å²) >= 11 is 0. The number of aromatic amines is 1. The van der Waals surface area contributed by atoms with Gasteiger partial charge in [-0.15, -0.1) is 0 Å². The zero-order chi connectivity index (χ0) is 20.7. The molecule has 4 aromatic rings. The predicted molar refractivity (Wildman–Crippen MR) is 113 cm³/mol. The lowest BCUT2D eigenvalue weighted by Crippen LogP contribution is -2.26. The average molecular weight is 402 g/mol. The number of amides is 1. The molecule has 30 heavy (non-hydrogen) atoms. The molecule has 1 aromatic carbocycles. The number of hydrogen-bond donors (Lipinski definition) is 3. The van der Waals surface area contributed by atoms with Crippen molar-refractivity contribution in [3.63, 3.8) is 0 Å². The highest BCUT2D eigenvalue weighted by Gasteiger charge is 2.21. The predicted octanol–water partition coefficient (Wildman–Crippen LogP) is 4.06. The summed E-state index contributed by atoms with van der Waals surface area (Å²) in [5.74, 6) is 0. The SMILES string of the molecule is Cn1cc(-c2cc3c(-c4ccc5c(c4)CCCCC5NC(=O)O)ncnc3[nH]2)cn1. The Morgan fingerprint density at radius 1 is 1.23 bits per heavy atom. The van der Waals surface area contributed by atoms with Crippen LogP contribution in [0.2, 0.25) is 0 Å².